The van der Waals surface area contributed by atoms with Crippen molar-refractivity contribution in [3.63, 3.8) is 0 Å². The van der Waals surface area contributed by atoms with E-state index < -0.39 is 0 Å². The molecule has 0 radical (unpaired) electrons. The topological polar surface area (TPSA) is 38.5 Å². The average Bonchev–Trinajstić information content (AvgIpc) is 2.26. The highest BCUT2D eigenvalue weighted by Crippen LogP contribution is 2.28. The Bertz CT molecular complexity index is 204. The van der Waals surface area contributed by atoms with E-state index in [-0.39, 0.29) is 0 Å². The van der Waals surface area contributed by atoms with Crippen molar-refractivity contribution in [2.75, 3.05) is 19.6 Å². The Morgan fingerprint density at radius 3 is 2.12 bits per heavy atom. The predicted molar refractivity (Wildman–Crippen MR) is 66.4 cm³/mol. The van der Waals surface area contributed by atoms with Gasteiger partial charge in [-0.2, -0.15) is 0 Å². The van der Waals surface area contributed by atoms with Crippen molar-refractivity contribution in [1.82, 2.24) is 4.90 Å². The summed E-state index contributed by atoms with van der Waals surface area (Å²) in [7, 11) is 0. The molecule has 2 fully saturated rings. The maximum atomic E-state index is 6.00. The van der Waals surface area contributed by atoms with Gasteiger partial charge in [0.1, 0.15) is 0 Å². The number of ether oxygens (including phenoxy) is 1. The molecule has 1 heterocycles. The van der Waals surface area contributed by atoms with Gasteiger partial charge in [0.2, 0.25) is 0 Å². The molecule has 1 aliphatic heterocycles. The van der Waals surface area contributed by atoms with Crippen LogP contribution in [-0.2, 0) is 4.74 Å². The predicted octanol–water partition coefficient (Wildman–Crippen LogP) is 1.61. The number of rotatable bonds is 4. The van der Waals surface area contributed by atoms with E-state index in [4.69, 9.17) is 10.5 Å². The van der Waals surface area contributed by atoms with Crippen LogP contribution in [0, 0.1) is 5.92 Å². The Balaban J connectivity index is 1.79. The lowest BCUT2D eigenvalue weighted by molar-refractivity contribution is -0.0925. The minimum atomic E-state index is 0.451. The smallest absolute Gasteiger partial charge is 0.0703 e. The van der Waals surface area contributed by atoms with Crippen LogP contribution >= 0.6 is 0 Å². The molecular formula is C13H26N2O. The van der Waals surface area contributed by atoms with Crippen LogP contribution in [0.2, 0.25) is 0 Å². The first kappa shape index (κ1) is 12.3. The molecule has 0 aromatic heterocycles. The van der Waals surface area contributed by atoms with Crippen LogP contribution in [-0.4, -0.2) is 42.8 Å². The summed E-state index contributed by atoms with van der Waals surface area (Å²) in [6, 6.07) is 0.481. The Morgan fingerprint density at radius 1 is 1.12 bits per heavy atom. The van der Waals surface area contributed by atoms with Crippen molar-refractivity contribution in [3.05, 3.63) is 0 Å². The molecule has 2 rings (SSSR count). The zero-order valence-corrected chi connectivity index (χ0v) is 10.7. The van der Waals surface area contributed by atoms with E-state index in [1.807, 2.05) is 0 Å². The molecule has 1 saturated carbocycles. The third kappa shape index (κ3) is 2.96. The fourth-order valence-electron chi connectivity index (χ4n) is 2.91. The highest BCUT2D eigenvalue weighted by atomic mass is 16.5. The summed E-state index contributed by atoms with van der Waals surface area (Å²) in [6.07, 6.45) is 5.63. The summed E-state index contributed by atoms with van der Waals surface area (Å²) in [5.74, 6) is 0.850. The molecular weight excluding hydrogens is 200 g/mol. The molecule has 0 aromatic carbocycles. The standard InChI is InChI=1S/C13H26N2O/c1-3-12-8-15(9-13(4-2)16-12)7-10-5-11(14)6-10/h10-13H,3-9,14H2,1-2H3. The van der Waals surface area contributed by atoms with Gasteiger partial charge in [0.25, 0.3) is 0 Å². The molecule has 0 spiro atoms. The molecule has 3 heteroatoms. The lowest BCUT2D eigenvalue weighted by Gasteiger charge is -2.42. The van der Waals surface area contributed by atoms with Gasteiger partial charge in [-0.3, -0.25) is 4.90 Å². The molecule has 2 N–H and O–H groups in total. The maximum absolute atomic E-state index is 6.00. The average molecular weight is 226 g/mol. The Kier molecular flexibility index (Phi) is 4.22. The summed E-state index contributed by atoms with van der Waals surface area (Å²) < 4.78 is 6.00. The van der Waals surface area contributed by atoms with Crippen LogP contribution in [0.25, 0.3) is 0 Å². The van der Waals surface area contributed by atoms with E-state index in [0.717, 1.165) is 31.8 Å². The zero-order chi connectivity index (χ0) is 11.5. The van der Waals surface area contributed by atoms with E-state index in [1.54, 1.807) is 0 Å². The van der Waals surface area contributed by atoms with E-state index in [0.29, 0.717) is 18.2 Å². The summed E-state index contributed by atoms with van der Waals surface area (Å²) in [6.45, 7) is 7.93. The van der Waals surface area contributed by atoms with Gasteiger partial charge in [0.15, 0.2) is 0 Å². The van der Waals surface area contributed by atoms with Gasteiger partial charge >= 0.3 is 0 Å². The molecule has 0 aromatic rings. The summed E-state index contributed by atoms with van der Waals surface area (Å²) in [4.78, 5) is 2.60. The van der Waals surface area contributed by atoms with Crippen molar-refractivity contribution in [3.8, 4) is 0 Å². The quantitative estimate of drug-likeness (QED) is 0.791. The second-order valence-corrected chi connectivity index (χ2v) is 5.51. The van der Waals surface area contributed by atoms with Crippen molar-refractivity contribution in [2.45, 2.75) is 57.8 Å². The number of hydrogen-bond donors (Lipinski definition) is 1. The van der Waals surface area contributed by atoms with Gasteiger partial charge in [-0.05, 0) is 31.6 Å². The lowest BCUT2D eigenvalue weighted by Crippen LogP contribution is -2.51. The highest BCUT2D eigenvalue weighted by Gasteiger charge is 2.31. The number of nitrogens with zero attached hydrogens (tertiary/aromatic N) is 1. The Morgan fingerprint density at radius 2 is 1.69 bits per heavy atom. The Labute approximate surface area is 99.3 Å². The van der Waals surface area contributed by atoms with Crippen LogP contribution in [0.5, 0.6) is 0 Å². The van der Waals surface area contributed by atoms with E-state index in [2.05, 4.69) is 18.7 Å². The van der Waals surface area contributed by atoms with Gasteiger partial charge in [-0.25, -0.2) is 0 Å². The molecule has 1 aliphatic carbocycles. The first-order valence-electron chi connectivity index (χ1n) is 6.84. The SMILES string of the molecule is CCC1CN(CC2CC(N)C2)CC(CC)O1. The first-order valence-corrected chi connectivity index (χ1v) is 6.84. The van der Waals surface area contributed by atoms with Gasteiger partial charge in [-0.1, -0.05) is 13.8 Å². The molecule has 2 atom stereocenters. The summed E-state index contributed by atoms with van der Waals surface area (Å²) in [5, 5.41) is 0. The molecule has 0 amide bonds. The van der Waals surface area contributed by atoms with Crippen LogP contribution in [0.4, 0.5) is 0 Å². The molecule has 16 heavy (non-hydrogen) atoms. The van der Waals surface area contributed by atoms with Gasteiger partial charge in [-0.15, -0.1) is 0 Å². The molecule has 1 saturated heterocycles. The first-order chi connectivity index (χ1) is 7.71. The number of nitrogens with two attached hydrogens (primary N) is 1. The van der Waals surface area contributed by atoms with Crippen LogP contribution in [0.1, 0.15) is 39.5 Å². The van der Waals surface area contributed by atoms with E-state index in [9.17, 15) is 0 Å². The second kappa shape index (κ2) is 5.48. The third-order valence-electron chi connectivity index (χ3n) is 4.01. The van der Waals surface area contributed by atoms with Crippen LogP contribution < -0.4 is 5.73 Å². The van der Waals surface area contributed by atoms with Crippen LogP contribution in [0.15, 0.2) is 0 Å². The van der Waals surface area contributed by atoms with E-state index >= 15 is 0 Å². The molecule has 2 unspecified atom stereocenters. The molecule has 0 bridgehead atoms. The summed E-state index contributed by atoms with van der Waals surface area (Å²) in [5.41, 5.74) is 5.84. The second-order valence-electron chi connectivity index (χ2n) is 5.51. The lowest BCUT2D eigenvalue weighted by atomic mass is 9.80. The fourth-order valence-corrected chi connectivity index (χ4v) is 2.91. The van der Waals surface area contributed by atoms with Gasteiger partial charge in [0, 0.05) is 25.7 Å². The van der Waals surface area contributed by atoms with Crippen molar-refractivity contribution >= 4 is 0 Å². The third-order valence-corrected chi connectivity index (χ3v) is 4.01. The monoisotopic (exact) mass is 226 g/mol. The van der Waals surface area contributed by atoms with Crippen molar-refractivity contribution in [2.24, 2.45) is 11.7 Å². The molecule has 2 aliphatic rings. The van der Waals surface area contributed by atoms with E-state index in [1.165, 1.54) is 19.4 Å². The highest BCUT2D eigenvalue weighted by molar-refractivity contribution is 4.86. The number of morpholine rings is 1. The molecule has 3 nitrogen and oxygen atoms in total. The normalized spacial score (nSPS) is 40.7. The Hall–Kier alpha value is -0.120. The number of hydrogen-bond acceptors (Lipinski definition) is 3. The van der Waals surface area contributed by atoms with Gasteiger partial charge < -0.3 is 10.5 Å². The van der Waals surface area contributed by atoms with Crippen molar-refractivity contribution in [1.29, 1.82) is 0 Å². The molecule has 94 valence electrons. The summed E-state index contributed by atoms with van der Waals surface area (Å²) >= 11 is 0. The van der Waals surface area contributed by atoms with Gasteiger partial charge in [0.05, 0.1) is 12.2 Å². The van der Waals surface area contributed by atoms with Crippen LogP contribution in [0.3, 0.4) is 0 Å². The maximum Gasteiger partial charge on any atom is 0.0703 e. The minimum absolute atomic E-state index is 0.451. The fraction of sp³-hybridized carbons (Fsp3) is 1.00. The zero-order valence-electron chi connectivity index (χ0n) is 10.7. The largest absolute Gasteiger partial charge is 0.372 e. The van der Waals surface area contributed by atoms with Crippen molar-refractivity contribution < 1.29 is 4.74 Å². The minimum Gasteiger partial charge on any atom is -0.372 e.